The Labute approximate surface area is 112 Å². The number of para-hydroxylation sites is 1. The zero-order chi connectivity index (χ0) is 14.6. The Bertz CT molecular complexity index is 486. The average Bonchev–Trinajstić information content (AvgIpc) is 2.37. The molecule has 0 saturated heterocycles. The van der Waals surface area contributed by atoms with Crippen LogP contribution in [0, 0.1) is 0 Å². The van der Waals surface area contributed by atoms with E-state index in [0.717, 1.165) is 0 Å². The molecule has 0 saturated carbocycles. The molecule has 0 aliphatic heterocycles. The van der Waals surface area contributed by atoms with Gasteiger partial charge in [-0.05, 0) is 12.1 Å². The Hall–Kier alpha value is -2.24. The summed E-state index contributed by atoms with van der Waals surface area (Å²) >= 11 is 0. The summed E-state index contributed by atoms with van der Waals surface area (Å²) in [6.07, 6.45) is 0. The largest absolute Gasteiger partial charge is 0.505 e. The van der Waals surface area contributed by atoms with Gasteiger partial charge in [0.1, 0.15) is 0 Å². The second kappa shape index (κ2) is 6.08. The van der Waals surface area contributed by atoms with Crippen LogP contribution in [0.1, 0.15) is 10.4 Å². The molecule has 0 atom stereocenters. The highest BCUT2D eigenvalue weighted by molar-refractivity contribution is 6.00. The van der Waals surface area contributed by atoms with E-state index in [1.165, 1.54) is 22.9 Å². The summed E-state index contributed by atoms with van der Waals surface area (Å²) < 4.78 is 0. The highest BCUT2D eigenvalue weighted by atomic mass is 16.3. The van der Waals surface area contributed by atoms with Crippen molar-refractivity contribution < 1.29 is 14.7 Å². The number of likely N-dealkylation sites (N-methyl/N-ethyl adjacent to an activating group) is 2. The van der Waals surface area contributed by atoms with Crippen LogP contribution in [0.25, 0.3) is 0 Å². The average molecular weight is 265 g/mol. The SMILES string of the molecule is CNc1cccc(C(=O)N(C)CC(=O)N(C)C)c1O. The molecule has 0 heterocycles. The molecule has 1 rings (SSSR count). The van der Waals surface area contributed by atoms with E-state index in [1.54, 1.807) is 33.3 Å². The van der Waals surface area contributed by atoms with Crippen molar-refractivity contribution in [2.24, 2.45) is 0 Å². The van der Waals surface area contributed by atoms with E-state index in [0.29, 0.717) is 5.69 Å². The van der Waals surface area contributed by atoms with E-state index in [1.807, 2.05) is 0 Å². The third-order valence-corrected chi connectivity index (χ3v) is 2.75. The smallest absolute Gasteiger partial charge is 0.257 e. The van der Waals surface area contributed by atoms with Crippen LogP contribution in [0.3, 0.4) is 0 Å². The van der Waals surface area contributed by atoms with Crippen molar-refractivity contribution in [2.45, 2.75) is 0 Å². The number of hydrogen-bond donors (Lipinski definition) is 2. The number of rotatable bonds is 4. The number of hydrogen-bond acceptors (Lipinski definition) is 4. The number of carbonyl (C=O) groups is 2. The molecule has 1 aromatic carbocycles. The number of benzene rings is 1. The molecule has 6 heteroatoms. The summed E-state index contributed by atoms with van der Waals surface area (Å²) in [6.45, 7) is -0.0327. The summed E-state index contributed by atoms with van der Waals surface area (Å²) in [4.78, 5) is 26.4. The van der Waals surface area contributed by atoms with Crippen LogP contribution in [-0.2, 0) is 4.79 Å². The molecule has 0 unspecified atom stereocenters. The van der Waals surface area contributed by atoms with Crippen LogP contribution in [0.4, 0.5) is 5.69 Å². The van der Waals surface area contributed by atoms with Gasteiger partial charge >= 0.3 is 0 Å². The first kappa shape index (κ1) is 14.8. The van der Waals surface area contributed by atoms with Crippen LogP contribution < -0.4 is 5.32 Å². The molecule has 0 spiro atoms. The molecule has 0 aromatic heterocycles. The van der Waals surface area contributed by atoms with Gasteiger partial charge in [0.05, 0.1) is 17.8 Å². The quantitative estimate of drug-likeness (QED) is 0.782. The molecule has 2 amide bonds. The first-order valence-electron chi connectivity index (χ1n) is 5.83. The molecule has 0 radical (unpaired) electrons. The topological polar surface area (TPSA) is 72.9 Å². The van der Waals surface area contributed by atoms with Gasteiger partial charge in [-0.1, -0.05) is 6.07 Å². The van der Waals surface area contributed by atoms with E-state index >= 15 is 0 Å². The van der Waals surface area contributed by atoms with Gasteiger partial charge in [0.2, 0.25) is 5.91 Å². The van der Waals surface area contributed by atoms with Crippen LogP contribution in [0.15, 0.2) is 18.2 Å². The standard InChI is InChI=1S/C13H19N3O3/c1-14-10-7-5-6-9(12(10)18)13(19)16(4)8-11(17)15(2)3/h5-7,14,18H,8H2,1-4H3. The maximum Gasteiger partial charge on any atom is 0.257 e. The van der Waals surface area contributed by atoms with Crippen molar-refractivity contribution in [1.29, 1.82) is 0 Å². The van der Waals surface area contributed by atoms with E-state index in [2.05, 4.69) is 5.32 Å². The normalized spacial score (nSPS) is 9.89. The van der Waals surface area contributed by atoms with Crippen molar-refractivity contribution in [1.82, 2.24) is 9.80 Å². The van der Waals surface area contributed by atoms with Crippen LogP contribution in [0.5, 0.6) is 5.75 Å². The van der Waals surface area contributed by atoms with Gasteiger partial charge < -0.3 is 20.2 Å². The molecule has 104 valence electrons. The highest BCUT2D eigenvalue weighted by Crippen LogP contribution is 2.27. The van der Waals surface area contributed by atoms with Crippen molar-refractivity contribution in [3.8, 4) is 5.75 Å². The Morgan fingerprint density at radius 1 is 1.26 bits per heavy atom. The number of nitrogens with zero attached hydrogens (tertiary/aromatic N) is 2. The fourth-order valence-electron chi connectivity index (χ4n) is 1.54. The van der Waals surface area contributed by atoms with Gasteiger partial charge in [-0.15, -0.1) is 0 Å². The van der Waals surface area contributed by atoms with E-state index in [-0.39, 0.29) is 23.8 Å². The van der Waals surface area contributed by atoms with E-state index < -0.39 is 5.91 Å². The lowest BCUT2D eigenvalue weighted by atomic mass is 10.1. The Kier molecular flexibility index (Phi) is 4.74. The van der Waals surface area contributed by atoms with Gasteiger partial charge in [-0.25, -0.2) is 0 Å². The van der Waals surface area contributed by atoms with E-state index in [4.69, 9.17) is 0 Å². The van der Waals surface area contributed by atoms with E-state index in [9.17, 15) is 14.7 Å². The summed E-state index contributed by atoms with van der Waals surface area (Å²) in [7, 11) is 6.43. The van der Waals surface area contributed by atoms with Crippen molar-refractivity contribution in [2.75, 3.05) is 40.1 Å². The Balaban J connectivity index is 2.91. The number of nitrogens with one attached hydrogen (secondary N) is 1. The Morgan fingerprint density at radius 3 is 2.42 bits per heavy atom. The van der Waals surface area contributed by atoms with Gasteiger partial charge in [0.25, 0.3) is 5.91 Å². The lowest BCUT2D eigenvalue weighted by Crippen LogP contribution is -2.37. The number of phenolic OH excluding ortho intramolecular Hbond substituents is 1. The number of carbonyl (C=O) groups excluding carboxylic acids is 2. The minimum atomic E-state index is -0.398. The number of amides is 2. The molecule has 0 bridgehead atoms. The summed E-state index contributed by atoms with van der Waals surface area (Å²) in [6, 6.07) is 4.85. The minimum Gasteiger partial charge on any atom is -0.505 e. The first-order valence-corrected chi connectivity index (χ1v) is 5.83. The molecule has 19 heavy (non-hydrogen) atoms. The number of anilines is 1. The van der Waals surface area contributed by atoms with Gasteiger partial charge in [0, 0.05) is 28.2 Å². The molecular formula is C13H19N3O3. The third-order valence-electron chi connectivity index (χ3n) is 2.75. The third kappa shape index (κ3) is 3.37. The minimum absolute atomic E-state index is 0.0327. The van der Waals surface area contributed by atoms with Gasteiger partial charge in [0.15, 0.2) is 5.75 Å². The zero-order valence-corrected chi connectivity index (χ0v) is 11.6. The molecule has 0 aliphatic carbocycles. The van der Waals surface area contributed by atoms with Crippen molar-refractivity contribution in [3.05, 3.63) is 23.8 Å². The maximum absolute atomic E-state index is 12.2. The molecule has 1 aromatic rings. The van der Waals surface area contributed by atoms with Crippen LogP contribution in [0.2, 0.25) is 0 Å². The first-order chi connectivity index (χ1) is 8.88. The lowest BCUT2D eigenvalue weighted by Gasteiger charge is -2.20. The molecular weight excluding hydrogens is 246 g/mol. The molecule has 0 aliphatic rings. The molecule has 2 N–H and O–H groups in total. The predicted molar refractivity (Wildman–Crippen MR) is 73.3 cm³/mol. The monoisotopic (exact) mass is 265 g/mol. The summed E-state index contributed by atoms with van der Waals surface area (Å²) in [5.74, 6) is -0.691. The zero-order valence-electron chi connectivity index (χ0n) is 11.6. The van der Waals surface area contributed by atoms with Crippen molar-refractivity contribution >= 4 is 17.5 Å². The van der Waals surface area contributed by atoms with Gasteiger partial charge in [-0.2, -0.15) is 0 Å². The van der Waals surface area contributed by atoms with Crippen molar-refractivity contribution in [3.63, 3.8) is 0 Å². The molecule has 0 fully saturated rings. The Morgan fingerprint density at radius 2 is 1.89 bits per heavy atom. The fraction of sp³-hybridized carbons (Fsp3) is 0.385. The second-order valence-corrected chi connectivity index (χ2v) is 4.40. The summed E-state index contributed by atoms with van der Waals surface area (Å²) in [5, 5.41) is 12.7. The maximum atomic E-state index is 12.2. The lowest BCUT2D eigenvalue weighted by molar-refractivity contribution is -0.129. The fourth-order valence-corrected chi connectivity index (χ4v) is 1.54. The van der Waals surface area contributed by atoms with Crippen LogP contribution in [-0.4, -0.2) is 61.5 Å². The number of phenols is 1. The number of aromatic hydroxyl groups is 1. The summed E-state index contributed by atoms with van der Waals surface area (Å²) in [5.41, 5.74) is 0.638. The predicted octanol–water partition coefficient (Wildman–Crippen LogP) is 0.594. The highest BCUT2D eigenvalue weighted by Gasteiger charge is 2.19. The molecule has 6 nitrogen and oxygen atoms in total. The van der Waals surface area contributed by atoms with Crippen LogP contribution >= 0.6 is 0 Å². The van der Waals surface area contributed by atoms with Gasteiger partial charge in [-0.3, -0.25) is 9.59 Å². The second-order valence-electron chi connectivity index (χ2n) is 4.40.